The molecule has 5 rings (SSSR count). The Bertz CT molecular complexity index is 1320. The molecular formula is C30H35FN4O5. The Hall–Kier alpha value is -4.31. The van der Waals surface area contributed by atoms with E-state index in [2.05, 4.69) is 10.6 Å². The predicted octanol–water partition coefficient (Wildman–Crippen LogP) is 3.74. The van der Waals surface area contributed by atoms with Crippen LogP contribution in [-0.2, 0) is 14.4 Å². The van der Waals surface area contributed by atoms with Crippen LogP contribution >= 0.6 is 0 Å². The summed E-state index contributed by atoms with van der Waals surface area (Å²) in [6.07, 6.45) is 6.91. The van der Waals surface area contributed by atoms with Crippen molar-refractivity contribution in [2.24, 2.45) is 11.8 Å². The molecule has 1 aliphatic carbocycles. The number of nitrogens with one attached hydrogen (secondary N) is 2. The molecule has 3 aromatic rings. The molecule has 212 valence electrons. The van der Waals surface area contributed by atoms with E-state index in [0.29, 0.717) is 36.3 Å². The highest BCUT2D eigenvalue weighted by atomic mass is 19.1. The monoisotopic (exact) mass is 550 g/mol. The van der Waals surface area contributed by atoms with Gasteiger partial charge in [-0.1, -0.05) is 23.8 Å². The zero-order valence-corrected chi connectivity index (χ0v) is 22.5. The van der Waals surface area contributed by atoms with E-state index in [4.69, 9.17) is 5.11 Å². The zero-order chi connectivity index (χ0) is 28.9. The van der Waals surface area contributed by atoms with Crippen molar-refractivity contribution in [3.8, 4) is 5.69 Å². The molecule has 3 N–H and O–H groups in total. The number of aliphatic hydroxyl groups is 1. The lowest BCUT2D eigenvalue weighted by Gasteiger charge is -2.31. The molecule has 1 unspecified atom stereocenters. The van der Waals surface area contributed by atoms with Crippen LogP contribution in [0.5, 0.6) is 0 Å². The molecule has 0 radical (unpaired) electrons. The van der Waals surface area contributed by atoms with Crippen molar-refractivity contribution in [1.82, 2.24) is 9.47 Å². The Morgan fingerprint density at radius 1 is 1.02 bits per heavy atom. The molecule has 3 amide bonds. The molecule has 2 aromatic carbocycles. The summed E-state index contributed by atoms with van der Waals surface area (Å²) < 4.78 is 14.8. The average Bonchev–Trinajstić information content (AvgIpc) is 3.82. The van der Waals surface area contributed by atoms with Gasteiger partial charge in [-0.05, 0) is 68.9 Å². The van der Waals surface area contributed by atoms with E-state index in [1.54, 1.807) is 24.4 Å². The van der Waals surface area contributed by atoms with Crippen molar-refractivity contribution in [1.29, 1.82) is 0 Å². The van der Waals surface area contributed by atoms with Gasteiger partial charge in [-0.3, -0.25) is 23.7 Å². The molecule has 2 heterocycles. The number of aryl methyl sites for hydroxylation is 1. The summed E-state index contributed by atoms with van der Waals surface area (Å²) >= 11 is 0. The van der Waals surface area contributed by atoms with Gasteiger partial charge >= 0.3 is 0 Å². The van der Waals surface area contributed by atoms with Gasteiger partial charge in [-0.2, -0.15) is 0 Å². The van der Waals surface area contributed by atoms with E-state index >= 15 is 0 Å². The van der Waals surface area contributed by atoms with Crippen LogP contribution in [0.25, 0.3) is 5.69 Å². The Labute approximate surface area is 232 Å². The van der Waals surface area contributed by atoms with Crippen molar-refractivity contribution < 1.29 is 23.9 Å². The number of rotatable bonds is 7. The lowest BCUT2D eigenvalue weighted by atomic mass is 9.99. The third-order valence-corrected chi connectivity index (χ3v) is 6.56. The van der Waals surface area contributed by atoms with E-state index < -0.39 is 5.82 Å². The fraction of sp³-hybridized carbons (Fsp3) is 0.333. The number of aliphatic hydroxyl groups excluding tert-OH is 1. The molecule has 0 spiro atoms. The number of halogens is 1. The lowest BCUT2D eigenvalue weighted by molar-refractivity contribution is -0.134. The molecule has 9 nitrogen and oxygen atoms in total. The summed E-state index contributed by atoms with van der Waals surface area (Å²) in [5, 5.41) is 13.8. The molecular weight excluding hydrogens is 515 g/mol. The second-order valence-corrected chi connectivity index (χ2v) is 9.71. The van der Waals surface area contributed by atoms with Crippen molar-refractivity contribution >= 4 is 30.1 Å². The summed E-state index contributed by atoms with van der Waals surface area (Å²) in [5.41, 5.74) is 2.26. The molecule has 1 saturated heterocycles. The Balaban J connectivity index is 0.000000172. The molecule has 10 heteroatoms. The summed E-state index contributed by atoms with van der Waals surface area (Å²) in [4.78, 5) is 45.3. The number of amides is 3. The van der Waals surface area contributed by atoms with Gasteiger partial charge < -0.3 is 20.6 Å². The molecule has 1 atom stereocenters. The average molecular weight is 551 g/mol. The summed E-state index contributed by atoms with van der Waals surface area (Å²) in [6.45, 7) is 3.93. The maximum absolute atomic E-state index is 13.5. The topological polar surface area (TPSA) is 121 Å². The largest absolute Gasteiger partial charge is 0.396 e. The van der Waals surface area contributed by atoms with Crippen LogP contribution in [0.2, 0.25) is 0 Å². The molecule has 2 aliphatic rings. The van der Waals surface area contributed by atoms with Crippen LogP contribution in [-0.4, -0.2) is 53.0 Å². The number of benzene rings is 2. The molecule has 1 aliphatic heterocycles. The van der Waals surface area contributed by atoms with Gasteiger partial charge in [0.15, 0.2) is 0 Å². The van der Waals surface area contributed by atoms with Crippen molar-refractivity contribution in [2.45, 2.75) is 32.6 Å². The first-order valence-electron chi connectivity index (χ1n) is 13.2. The number of carbonyl (C=O) groups is 3. The minimum Gasteiger partial charge on any atom is -0.396 e. The van der Waals surface area contributed by atoms with Crippen LogP contribution in [0.15, 0.2) is 71.7 Å². The van der Waals surface area contributed by atoms with Crippen molar-refractivity contribution in [3.63, 3.8) is 0 Å². The van der Waals surface area contributed by atoms with Crippen LogP contribution in [0.3, 0.4) is 0 Å². The number of pyridine rings is 1. The van der Waals surface area contributed by atoms with E-state index in [1.807, 2.05) is 36.1 Å². The minimum absolute atomic E-state index is 0.0766. The summed E-state index contributed by atoms with van der Waals surface area (Å²) in [5.74, 6) is 0.400. The molecule has 0 bridgehead atoms. The normalized spacial score (nSPS) is 15.9. The van der Waals surface area contributed by atoms with Crippen LogP contribution < -0.4 is 16.2 Å². The number of nitrogens with zero attached hydrogens (tertiary/aromatic N) is 2. The summed E-state index contributed by atoms with van der Waals surface area (Å²) in [6, 6.07) is 16.4. The first-order chi connectivity index (χ1) is 19.4. The third-order valence-electron chi connectivity index (χ3n) is 6.56. The highest BCUT2D eigenvalue weighted by Crippen LogP contribution is 2.32. The smallest absolute Gasteiger partial charge is 0.255 e. The van der Waals surface area contributed by atoms with Crippen LogP contribution in [0.1, 0.15) is 31.2 Å². The summed E-state index contributed by atoms with van der Waals surface area (Å²) in [7, 11) is 0. The Morgan fingerprint density at radius 2 is 1.75 bits per heavy atom. The minimum atomic E-state index is -0.592. The zero-order valence-electron chi connectivity index (χ0n) is 22.5. The highest BCUT2D eigenvalue weighted by molar-refractivity contribution is 5.81. The van der Waals surface area contributed by atoms with Crippen LogP contribution in [0.4, 0.5) is 15.8 Å². The van der Waals surface area contributed by atoms with Crippen molar-refractivity contribution in [3.05, 3.63) is 88.6 Å². The second kappa shape index (κ2) is 15.3. The van der Waals surface area contributed by atoms with Gasteiger partial charge in [-0.15, -0.1) is 0 Å². The standard InChI is InChI=1S/C12H9FN2O2.C10H17NO2.C8H9NO/c13-10-7-9(4-5-11(10)14-8-16)15-6-2-1-3-12(15)17;12-7-8-2-1-5-11(6-8)10(13)9-3-4-9;1-7-2-4-8(5-3-7)9-6-10/h1-8H,(H,14,16);8-9,12H,1-7H2;2-6H,1H3,(H,9,10). The van der Waals surface area contributed by atoms with Gasteiger partial charge in [0.05, 0.1) is 11.4 Å². The van der Waals surface area contributed by atoms with Gasteiger partial charge in [0.25, 0.3) is 5.56 Å². The Morgan fingerprint density at radius 3 is 2.35 bits per heavy atom. The first-order valence-corrected chi connectivity index (χ1v) is 13.2. The van der Waals surface area contributed by atoms with Gasteiger partial charge in [0.2, 0.25) is 18.7 Å². The molecule has 1 aromatic heterocycles. The Kier molecular flexibility index (Phi) is 11.6. The van der Waals surface area contributed by atoms with Gasteiger partial charge in [-0.25, -0.2) is 4.39 Å². The number of hydrogen-bond donors (Lipinski definition) is 3. The number of hydrogen-bond acceptors (Lipinski definition) is 5. The van der Waals surface area contributed by atoms with E-state index in [0.717, 1.165) is 44.5 Å². The first kappa shape index (κ1) is 30.2. The number of carbonyl (C=O) groups excluding carboxylic acids is 3. The molecule has 1 saturated carbocycles. The number of aromatic nitrogens is 1. The van der Waals surface area contributed by atoms with Crippen molar-refractivity contribution in [2.75, 3.05) is 30.3 Å². The lowest BCUT2D eigenvalue weighted by Crippen LogP contribution is -2.41. The van der Waals surface area contributed by atoms with E-state index in [-0.39, 0.29) is 17.9 Å². The maximum Gasteiger partial charge on any atom is 0.255 e. The van der Waals surface area contributed by atoms with E-state index in [1.165, 1.54) is 28.3 Å². The molecule has 2 fully saturated rings. The van der Waals surface area contributed by atoms with E-state index in [9.17, 15) is 23.6 Å². The molecule has 40 heavy (non-hydrogen) atoms. The fourth-order valence-corrected chi connectivity index (χ4v) is 4.20. The fourth-order valence-electron chi connectivity index (χ4n) is 4.20. The van der Waals surface area contributed by atoms with Gasteiger partial charge in [0, 0.05) is 49.6 Å². The quantitative estimate of drug-likeness (QED) is 0.387. The van der Waals surface area contributed by atoms with Crippen LogP contribution in [0, 0.1) is 24.6 Å². The third kappa shape index (κ3) is 9.16. The second-order valence-electron chi connectivity index (χ2n) is 9.71. The number of likely N-dealkylation sites (tertiary alicyclic amines) is 1. The maximum atomic E-state index is 13.5. The number of piperidine rings is 1. The van der Waals surface area contributed by atoms with Gasteiger partial charge in [0.1, 0.15) is 5.82 Å². The number of anilines is 2. The highest BCUT2D eigenvalue weighted by Gasteiger charge is 2.35. The predicted molar refractivity (Wildman–Crippen MR) is 152 cm³/mol. The SMILES string of the molecule is Cc1ccc(NC=O)cc1.O=C(C1CC1)N1CCCC(CO)C1.O=CNc1ccc(-n2ccccc2=O)cc1F.